The van der Waals surface area contributed by atoms with E-state index in [1.165, 1.54) is 5.56 Å². The maximum absolute atomic E-state index is 12.9. The molecule has 0 radical (unpaired) electrons. The van der Waals surface area contributed by atoms with Crippen LogP contribution in [-0.4, -0.2) is 63.1 Å². The van der Waals surface area contributed by atoms with Gasteiger partial charge in [-0.25, -0.2) is 4.98 Å². The van der Waals surface area contributed by atoms with Gasteiger partial charge in [0.1, 0.15) is 5.82 Å². The molecular weight excluding hydrogens is 340 g/mol. The number of piperidine rings is 1. The minimum Gasteiger partial charge on any atom is -0.379 e. The van der Waals surface area contributed by atoms with Crippen molar-refractivity contribution in [3.05, 3.63) is 53.6 Å². The van der Waals surface area contributed by atoms with Crippen LogP contribution in [0.5, 0.6) is 0 Å². The van der Waals surface area contributed by atoms with Crippen molar-refractivity contribution >= 4 is 5.91 Å². The standard InChI is InChI=1S/C21H30N4O2/c1-17-14-22-19(23-17)15-24(2)16-21(27)11-7-13-25(20(21)26)12-6-10-18-8-4-3-5-9-18/h3-5,8-9,14,27H,6-7,10-13,15-16H2,1-2H3,(H,22,23)/t21-/m0/s1. The highest BCUT2D eigenvalue weighted by Gasteiger charge is 2.42. The van der Waals surface area contributed by atoms with E-state index in [1.54, 1.807) is 6.20 Å². The molecule has 1 aliphatic heterocycles. The SMILES string of the molecule is Cc1cnc(CN(C)C[C@@]2(O)CCCN(CCCc3ccccc3)C2=O)[nH]1. The van der Waals surface area contributed by atoms with E-state index in [1.807, 2.05) is 42.0 Å². The maximum atomic E-state index is 12.9. The second kappa shape index (κ2) is 8.67. The molecule has 6 heteroatoms. The number of nitrogens with zero attached hydrogens (tertiary/aromatic N) is 3. The number of rotatable bonds is 8. The van der Waals surface area contributed by atoms with Crippen molar-refractivity contribution in [2.75, 3.05) is 26.7 Å². The second-order valence-corrected chi connectivity index (χ2v) is 7.70. The van der Waals surface area contributed by atoms with Gasteiger partial charge in [0, 0.05) is 31.5 Å². The lowest BCUT2D eigenvalue weighted by Crippen LogP contribution is -2.58. The molecule has 1 aliphatic rings. The highest BCUT2D eigenvalue weighted by atomic mass is 16.3. The third-order valence-corrected chi connectivity index (χ3v) is 5.15. The summed E-state index contributed by atoms with van der Waals surface area (Å²) in [5.74, 6) is 0.714. The summed E-state index contributed by atoms with van der Waals surface area (Å²) in [7, 11) is 1.91. The van der Waals surface area contributed by atoms with Crippen LogP contribution < -0.4 is 0 Å². The van der Waals surface area contributed by atoms with Gasteiger partial charge in [0.2, 0.25) is 0 Å². The Labute approximate surface area is 161 Å². The fraction of sp³-hybridized carbons (Fsp3) is 0.524. The fourth-order valence-electron chi connectivity index (χ4n) is 3.85. The van der Waals surface area contributed by atoms with E-state index in [0.29, 0.717) is 26.1 Å². The molecule has 1 fully saturated rings. The molecule has 2 N–H and O–H groups in total. The summed E-state index contributed by atoms with van der Waals surface area (Å²) in [5, 5.41) is 11.0. The molecule has 1 aromatic heterocycles. The fourth-order valence-corrected chi connectivity index (χ4v) is 3.85. The molecule has 2 heterocycles. The smallest absolute Gasteiger partial charge is 0.255 e. The van der Waals surface area contributed by atoms with E-state index in [4.69, 9.17) is 0 Å². The monoisotopic (exact) mass is 370 g/mol. The quantitative estimate of drug-likeness (QED) is 0.747. The Morgan fingerprint density at radius 2 is 2.11 bits per heavy atom. The Bertz CT molecular complexity index is 746. The summed E-state index contributed by atoms with van der Waals surface area (Å²) in [6.45, 7) is 4.29. The number of benzene rings is 1. The summed E-state index contributed by atoms with van der Waals surface area (Å²) >= 11 is 0. The summed E-state index contributed by atoms with van der Waals surface area (Å²) in [6.07, 6.45) is 5.00. The summed E-state index contributed by atoms with van der Waals surface area (Å²) in [4.78, 5) is 24.2. The van der Waals surface area contributed by atoms with Crippen molar-refractivity contribution in [3.8, 4) is 0 Å². The van der Waals surface area contributed by atoms with Crippen LogP contribution in [0.25, 0.3) is 0 Å². The van der Waals surface area contributed by atoms with Gasteiger partial charge >= 0.3 is 0 Å². The first kappa shape index (κ1) is 19.6. The molecule has 1 amide bonds. The molecule has 0 spiro atoms. The van der Waals surface area contributed by atoms with E-state index in [2.05, 4.69) is 22.1 Å². The number of hydrogen-bond acceptors (Lipinski definition) is 4. The van der Waals surface area contributed by atoms with Crippen molar-refractivity contribution in [1.29, 1.82) is 0 Å². The predicted molar refractivity (Wildman–Crippen MR) is 105 cm³/mol. The molecule has 27 heavy (non-hydrogen) atoms. The van der Waals surface area contributed by atoms with Gasteiger partial charge in [-0.15, -0.1) is 0 Å². The first-order chi connectivity index (χ1) is 13.0. The molecule has 1 atom stereocenters. The van der Waals surface area contributed by atoms with Crippen LogP contribution in [0, 0.1) is 6.92 Å². The van der Waals surface area contributed by atoms with Gasteiger partial charge in [0.25, 0.3) is 5.91 Å². The van der Waals surface area contributed by atoms with Crippen molar-refractivity contribution in [2.45, 2.75) is 44.8 Å². The normalized spacial score (nSPS) is 20.4. The van der Waals surface area contributed by atoms with Crippen LogP contribution in [0.15, 0.2) is 36.5 Å². The predicted octanol–water partition coefficient (Wildman–Crippen LogP) is 2.14. The molecule has 0 aliphatic carbocycles. The van der Waals surface area contributed by atoms with E-state index in [-0.39, 0.29) is 5.91 Å². The zero-order valence-electron chi connectivity index (χ0n) is 16.3. The van der Waals surface area contributed by atoms with Gasteiger partial charge in [0.05, 0.1) is 6.54 Å². The number of amides is 1. The Morgan fingerprint density at radius 3 is 2.81 bits per heavy atom. The van der Waals surface area contributed by atoms with Crippen molar-refractivity contribution < 1.29 is 9.90 Å². The van der Waals surface area contributed by atoms with Crippen molar-refractivity contribution in [3.63, 3.8) is 0 Å². The zero-order valence-corrected chi connectivity index (χ0v) is 16.3. The van der Waals surface area contributed by atoms with Crippen LogP contribution >= 0.6 is 0 Å². The number of aromatic amines is 1. The van der Waals surface area contributed by atoms with Crippen molar-refractivity contribution in [2.24, 2.45) is 0 Å². The number of aryl methyl sites for hydroxylation is 2. The third kappa shape index (κ3) is 5.17. The molecule has 1 saturated heterocycles. The summed E-state index contributed by atoms with van der Waals surface area (Å²) in [6, 6.07) is 10.3. The number of carbonyl (C=O) groups excluding carboxylic acids is 1. The number of hydrogen-bond donors (Lipinski definition) is 2. The molecule has 0 unspecified atom stereocenters. The number of likely N-dealkylation sites (N-methyl/N-ethyl adjacent to an activating group) is 1. The lowest BCUT2D eigenvalue weighted by Gasteiger charge is -2.40. The van der Waals surface area contributed by atoms with Gasteiger partial charge in [-0.2, -0.15) is 0 Å². The van der Waals surface area contributed by atoms with Crippen LogP contribution in [0.4, 0.5) is 0 Å². The lowest BCUT2D eigenvalue weighted by atomic mass is 9.91. The highest BCUT2D eigenvalue weighted by molar-refractivity contribution is 5.86. The molecule has 1 aromatic carbocycles. The van der Waals surface area contributed by atoms with Gasteiger partial charge in [0.15, 0.2) is 5.60 Å². The first-order valence-electron chi connectivity index (χ1n) is 9.71. The van der Waals surface area contributed by atoms with E-state index >= 15 is 0 Å². The number of likely N-dealkylation sites (tertiary alicyclic amines) is 1. The third-order valence-electron chi connectivity index (χ3n) is 5.15. The molecule has 0 bridgehead atoms. The number of imidazole rings is 1. The largest absolute Gasteiger partial charge is 0.379 e. The van der Waals surface area contributed by atoms with Gasteiger partial charge in [-0.1, -0.05) is 30.3 Å². The Balaban J connectivity index is 1.52. The Kier molecular flexibility index (Phi) is 6.29. The lowest BCUT2D eigenvalue weighted by molar-refractivity contribution is -0.159. The van der Waals surface area contributed by atoms with Gasteiger partial charge in [-0.05, 0) is 45.2 Å². The van der Waals surface area contributed by atoms with Crippen LogP contribution in [0.3, 0.4) is 0 Å². The van der Waals surface area contributed by atoms with Crippen LogP contribution in [0.2, 0.25) is 0 Å². The topological polar surface area (TPSA) is 72.5 Å². The number of aliphatic hydroxyl groups is 1. The maximum Gasteiger partial charge on any atom is 0.255 e. The number of nitrogens with one attached hydrogen (secondary N) is 1. The average Bonchev–Trinajstić information content (AvgIpc) is 3.04. The van der Waals surface area contributed by atoms with Crippen LogP contribution in [-0.2, 0) is 17.8 Å². The van der Waals surface area contributed by atoms with E-state index in [9.17, 15) is 9.90 Å². The molecular formula is C21H30N4O2. The Morgan fingerprint density at radius 1 is 1.33 bits per heavy atom. The zero-order chi connectivity index (χ0) is 19.3. The number of H-pyrrole nitrogens is 1. The van der Waals surface area contributed by atoms with Gasteiger partial charge in [-0.3, -0.25) is 9.69 Å². The molecule has 2 aromatic rings. The molecule has 6 nitrogen and oxygen atoms in total. The number of aromatic nitrogens is 2. The Hall–Kier alpha value is -2.18. The summed E-state index contributed by atoms with van der Waals surface area (Å²) in [5.41, 5.74) is 0.989. The summed E-state index contributed by atoms with van der Waals surface area (Å²) < 4.78 is 0. The highest BCUT2D eigenvalue weighted by Crippen LogP contribution is 2.24. The minimum absolute atomic E-state index is 0.135. The van der Waals surface area contributed by atoms with Crippen molar-refractivity contribution in [1.82, 2.24) is 19.8 Å². The van der Waals surface area contributed by atoms with Crippen LogP contribution in [0.1, 0.15) is 36.3 Å². The van der Waals surface area contributed by atoms with E-state index < -0.39 is 5.60 Å². The second-order valence-electron chi connectivity index (χ2n) is 7.70. The first-order valence-corrected chi connectivity index (χ1v) is 9.71. The molecule has 3 rings (SSSR count). The van der Waals surface area contributed by atoms with Gasteiger partial charge < -0.3 is 15.0 Å². The molecule has 146 valence electrons. The average molecular weight is 370 g/mol. The minimum atomic E-state index is -1.30. The number of carbonyl (C=O) groups is 1. The molecule has 0 saturated carbocycles. The van der Waals surface area contributed by atoms with E-state index in [0.717, 1.165) is 37.3 Å².